The molecule has 0 heterocycles. The predicted octanol–water partition coefficient (Wildman–Crippen LogP) is 4.60. The Kier molecular flexibility index (Phi) is 6.03. The molecule has 0 radical (unpaired) electrons. The van der Waals surface area contributed by atoms with E-state index in [1.165, 1.54) is 11.1 Å². The molecule has 5 rings (SSSR count). The van der Waals surface area contributed by atoms with E-state index >= 15 is 0 Å². The highest BCUT2D eigenvalue weighted by Gasteiger charge is 2.51. The van der Waals surface area contributed by atoms with Crippen LogP contribution in [-0.2, 0) is 14.3 Å². The second-order valence-corrected chi connectivity index (χ2v) is 10.5. The van der Waals surface area contributed by atoms with E-state index in [9.17, 15) is 19.5 Å². The quantitative estimate of drug-likeness (QED) is 0.542. The average Bonchev–Trinajstić information content (AvgIpc) is 3.50. The van der Waals surface area contributed by atoms with Crippen molar-refractivity contribution in [3.8, 4) is 11.1 Å². The standard InChI is InChI=1S/C28H32N2O5/c1-27(25(33)30-28(14-15-28)16-24(31)32)13-7-6-12-23(27)29-26(34)35-17-22-20-10-4-2-8-18(20)19-9-3-5-11-21(19)22/h2-5,8-11,22-23H,6-7,12-17H2,1H3,(H,29,34)(H,30,33)(H,31,32). The van der Waals surface area contributed by atoms with Crippen molar-refractivity contribution in [2.24, 2.45) is 5.41 Å². The minimum absolute atomic E-state index is 0.0278. The average molecular weight is 477 g/mol. The summed E-state index contributed by atoms with van der Waals surface area (Å²) in [5.41, 5.74) is 3.19. The van der Waals surface area contributed by atoms with Gasteiger partial charge in [-0.1, -0.05) is 61.4 Å². The number of hydrogen-bond donors (Lipinski definition) is 3. The Hall–Kier alpha value is -3.35. The molecule has 3 aliphatic carbocycles. The van der Waals surface area contributed by atoms with E-state index in [4.69, 9.17) is 4.74 Å². The van der Waals surface area contributed by atoms with Crippen LogP contribution in [0.4, 0.5) is 4.79 Å². The third kappa shape index (κ3) is 4.51. The van der Waals surface area contributed by atoms with Crippen LogP contribution in [0.2, 0.25) is 0 Å². The Bertz CT molecular complexity index is 1110. The number of amides is 2. The first-order valence-electron chi connectivity index (χ1n) is 12.5. The summed E-state index contributed by atoms with van der Waals surface area (Å²) in [6, 6.07) is 16.0. The summed E-state index contributed by atoms with van der Waals surface area (Å²) < 4.78 is 5.72. The van der Waals surface area contributed by atoms with Crippen molar-refractivity contribution in [3.63, 3.8) is 0 Å². The number of ether oxygens (including phenoxy) is 1. The summed E-state index contributed by atoms with van der Waals surface area (Å²) in [5.74, 6) is -1.12. The van der Waals surface area contributed by atoms with Gasteiger partial charge in [0.05, 0.1) is 17.4 Å². The number of aliphatic carboxylic acids is 1. The molecule has 2 amide bonds. The molecule has 3 aliphatic rings. The zero-order chi connectivity index (χ0) is 24.6. The van der Waals surface area contributed by atoms with Gasteiger partial charge in [-0.05, 0) is 54.9 Å². The molecule has 0 aliphatic heterocycles. The van der Waals surface area contributed by atoms with Gasteiger partial charge in [0, 0.05) is 12.0 Å². The lowest BCUT2D eigenvalue weighted by molar-refractivity contribution is -0.139. The van der Waals surface area contributed by atoms with Crippen LogP contribution in [0.3, 0.4) is 0 Å². The fraction of sp³-hybridized carbons (Fsp3) is 0.464. The summed E-state index contributed by atoms with van der Waals surface area (Å²) in [4.78, 5) is 37.4. The Balaban J connectivity index is 1.24. The normalized spacial score (nSPS) is 24.1. The van der Waals surface area contributed by atoms with Gasteiger partial charge in [-0.3, -0.25) is 9.59 Å². The van der Waals surface area contributed by atoms with Gasteiger partial charge in [0.2, 0.25) is 5.91 Å². The van der Waals surface area contributed by atoms with Crippen LogP contribution in [0.15, 0.2) is 48.5 Å². The van der Waals surface area contributed by atoms with Gasteiger partial charge in [0.15, 0.2) is 0 Å². The highest BCUT2D eigenvalue weighted by molar-refractivity contribution is 5.86. The lowest BCUT2D eigenvalue weighted by Gasteiger charge is -2.41. The number of alkyl carbamates (subject to hydrolysis) is 1. The lowest BCUT2D eigenvalue weighted by atomic mass is 9.70. The molecule has 7 heteroatoms. The molecule has 0 bridgehead atoms. The fourth-order valence-electron chi connectivity index (χ4n) is 5.79. The van der Waals surface area contributed by atoms with Crippen molar-refractivity contribution in [2.45, 2.75) is 69.4 Å². The number of carboxylic acids is 1. The van der Waals surface area contributed by atoms with Crippen molar-refractivity contribution in [3.05, 3.63) is 59.7 Å². The molecule has 2 aromatic rings. The highest BCUT2D eigenvalue weighted by Crippen LogP contribution is 2.45. The molecule has 2 aromatic carbocycles. The van der Waals surface area contributed by atoms with E-state index in [1.54, 1.807) is 0 Å². The monoisotopic (exact) mass is 476 g/mol. The van der Waals surface area contributed by atoms with Crippen LogP contribution in [0, 0.1) is 5.41 Å². The van der Waals surface area contributed by atoms with Crippen molar-refractivity contribution in [2.75, 3.05) is 6.61 Å². The molecular formula is C28H32N2O5. The first kappa shape index (κ1) is 23.4. The van der Waals surface area contributed by atoms with E-state index in [0.717, 1.165) is 24.0 Å². The highest BCUT2D eigenvalue weighted by atomic mass is 16.5. The molecule has 2 atom stereocenters. The number of hydrogen-bond acceptors (Lipinski definition) is 4. The minimum atomic E-state index is -0.912. The molecule has 2 fully saturated rings. The number of nitrogens with one attached hydrogen (secondary N) is 2. The largest absolute Gasteiger partial charge is 0.481 e. The molecule has 35 heavy (non-hydrogen) atoms. The maximum absolute atomic E-state index is 13.3. The second kappa shape index (κ2) is 9.02. The Labute approximate surface area is 205 Å². The molecule has 0 aromatic heterocycles. The van der Waals surface area contributed by atoms with E-state index < -0.39 is 23.0 Å². The third-order valence-corrected chi connectivity index (χ3v) is 8.08. The van der Waals surface area contributed by atoms with Gasteiger partial charge in [0.25, 0.3) is 0 Å². The molecule has 0 saturated heterocycles. The van der Waals surface area contributed by atoms with Gasteiger partial charge in [0.1, 0.15) is 6.61 Å². The maximum atomic E-state index is 13.3. The van der Waals surface area contributed by atoms with Gasteiger partial charge in [-0.25, -0.2) is 4.79 Å². The van der Waals surface area contributed by atoms with Crippen molar-refractivity contribution in [1.82, 2.24) is 10.6 Å². The second-order valence-electron chi connectivity index (χ2n) is 10.5. The Morgan fingerprint density at radius 1 is 0.971 bits per heavy atom. The third-order valence-electron chi connectivity index (χ3n) is 8.08. The summed E-state index contributed by atoms with van der Waals surface area (Å²) in [5, 5.41) is 15.2. The molecular weight excluding hydrogens is 444 g/mol. The summed E-state index contributed by atoms with van der Waals surface area (Å²) in [6.45, 7) is 2.09. The zero-order valence-electron chi connectivity index (χ0n) is 20.0. The van der Waals surface area contributed by atoms with Crippen molar-refractivity contribution >= 4 is 18.0 Å². The van der Waals surface area contributed by atoms with E-state index in [1.807, 2.05) is 31.2 Å². The van der Waals surface area contributed by atoms with Crippen LogP contribution in [0.25, 0.3) is 11.1 Å². The van der Waals surface area contributed by atoms with Gasteiger partial charge in [-0.15, -0.1) is 0 Å². The van der Waals surface area contributed by atoms with E-state index in [-0.39, 0.29) is 30.9 Å². The molecule has 184 valence electrons. The fourth-order valence-corrected chi connectivity index (χ4v) is 5.79. The van der Waals surface area contributed by atoms with Crippen molar-refractivity contribution < 1.29 is 24.2 Å². The van der Waals surface area contributed by atoms with Crippen molar-refractivity contribution in [1.29, 1.82) is 0 Å². The van der Waals surface area contributed by atoms with E-state index in [2.05, 4.69) is 34.9 Å². The predicted molar refractivity (Wildman–Crippen MR) is 131 cm³/mol. The Morgan fingerprint density at radius 3 is 2.20 bits per heavy atom. The number of fused-ring (bicyclic) bond motifs is 3. The maximum Gasteiger partial charge on any atom is 0.407 e. The smallest absolute Gasteiger partial charge is 0.407 e. The number of carboxylic acid groups (broad SMARTS) is 1. The van der Waals surface area contributed by atoms with E-state index in [0.29, 0.717) is 25.7 Å². The first-order chi connectivity index (χ1) is 16.8. The SMILES string of the molecule is CC1(C(=O)NC2(CC(=O)O)CC2)CCCCC1NC(=O)OCC1c2ccccc2-c2ccccc21. The van der Waals surface area contributed by atoms with Crippen LogP contribution in [0.5, 0.6) is 0 Å². The summed E-state index contributed by atoms with van der Waals surface area (Å²) in [6.07, 6.45) is 3.87. The molecule has 2 saturated carbocycles. The number of carbonyl (C=O) groups excluding carboxylic acids is 2. The first-order valence-corrected chi connectivity index (χ1v) is 12.5. The topological polar surface area (TPSA) is 105 Å². The van der Waals surface area contributed by atoms with Crippen LogP contribution in [-0.4, -0.2) is 41.3 Å². The van der Waals surface area contributed by atoms with Gasteiger partial charge >= 0.3 is 12.1 Å². The number of benzene rings is 2. The van der Waals surface area contributed by atoms with Crippen LogP contribution < -0.4 is 10.6 Å². The number of carbonyl (C=O) groups is 3. The number of rotatable bonds is 7. The summed E-state index contributed by atoms with van der Waals surface area (Å²) >= 11 is 0. The lowest BCUT2D eigenvalue weighted by Crippen LogP contribution is -2.57. The molecule has 7 nitrogen and oxygen atoms in total. The Morgan fingerprint density at radius 2 is 1.60 bits per heavy atom. The molecule has 2 unspecified atom stereocenters. The minimum Gasteiger partial charge on any atom is -0.481 e. The van der Waals surface area contributed by atoms with Gasteiger partial charge in [-0.2, -0.15) is 0 Å². The summed E-state index contributed by atoms with van der Waals surface area (Å²) in [7, 11) is 0. The van der Waals surface area contributed by atoms with Crippen LogP contribution in [0.1, 0.15) is 68.9 Å². The molecule has 0 spiro atoms. The van der Waals surface area contributed by atoms with Gasteiger partial charge < -0.3 is 20.5 Å². The molecule has 3 N–H and O–H groups in total. The zero-order valence-corrected chi connectivity index (χ0v) is 20.0. The van der Waals surface area contributed by atoms with Crippen LogP contribution >= 0.6 is 0 Å².